The number of carbonyl (C=O) groups excluding carboxylic acids is 1. The molecule has 0 fully saturated rings. The van der Waals surface area contributed by atoms with E-state index in [9.17, 15) is 9.59 Å². The molecule has 2 N–H and O–H groups in total. The summed E-state index contributed by atoms with van der Waals surface area (Å²) in [6, 6.07) is 12.4. The molecule has 0 radical (unpaired) electrons. The van der Waals surface area contributed by atoms with Crippen LogP contribution in [0.1, 0.15) is 5.82 Å². The molecule has 138 valence electrons. The normalized spacial score (nSPS) is 15.9. The highest BCUT2D eigenvalue weighted by atomic mass is 35.5. The number of fused-ring (bicyclic) bond motifs is 2. The number of halogens is 1. The maximum Gasteiger partial charge on any atom is 0.262 e. The molecule has 4 rings (SSSR count). The van der Waals surface area contributed by atoms with Crippen LogP contribution >= 0.6 is 11.6 Å². The van der Waals surface area contributed by atoms with Gasteiger partial charge in [-0.25, -0.2) is 4.98 Å². The number of nitrogens with zero attached hydrogens (tertiary/aromatic N) is 2. The van der Waals surface area contributed by atoms with Gasteiger partial charge in [-0.05, 0) is 30.3 Å². The first-order valence-corrected chi connectivity index (χ1v) is 8.83. The lowest BCUT2D eigenvalue weighted by atomic mass is 10.1. The van der Waals surface area contributed by atoms with Crippen molar-refractivity contribution in [2.24, 2.45) is 0 Å². The van der Waals surface area contributed by atoms with Gasteiger partial charge in [0, 0.05) is 12.1 Å². The molecular weight excluding hydrogens is 368 g/mol. The zero-order chi connectivity index (χ0) is 19.0. The second-order valence-corrected chi connectivity index (χ2v) is 6.68. The van der Waals surface area contributed by atoms with Gasteiger partial charge in [0.15, 0.2) is 6.10 Å². The Morgan fingerprint density at radius 1 is 1.37 bits per heavy atom. The molecule has 1 aromatic heterocycles. The summed E-state index contributed by atoms with van der Waals surface area (Å²) < 4.78 is 5.80. The summed E-state index contributed by atoms with van der Waals surface area (Å²) in [7, 11) is 1.57. The SMILES string of the molecule is CNC(=O)[C@@H]1CN(Cc2nc3cc(Cl)ccc3c(=O)[nH]2)c2ccccc2O1. The Labute approximate surface area is 159 Å². The highest BCUT2D eigenvalue weighted by Gasteiger charge is 2.30. The Hall–Kier alpha value is -3.06. The molecule has 0 saturated carbocycles. The van der Waals surface area contributed by atoms with Crippen LogP contribution < -0.4 is 20.5 Å². The van der Waals surface area contributed by atoms with Crippen LogP contribution in [0.25, 0.3) is 10.9 Å². The van der Waals surface area contributed by atoms with Crippen LogP contribution in [-0.4, -0.2) is 35.6 Å². The van der Waals surface area contributed by atoms with Crippen molar-refractivity contribution < 1.29 is 9.53 Å². The van der Waals surface area contributed by atoms with Crippen LogP contribution in [0.3, 0.4) is 0 Å². The maximum atomic E-state index is 12.4. The van der Waals surface area contributed by atoms with Crippen molar-refractivity contribution >= 4 is 34.1 Å². The third-order valence-electron chi connectivity index (χ3n) is 4.46. The molecule has 0 aliphatic carbocycles. The number of H-pyrrole nitrogens is 1. The minimum Gasteiger partial charge on any atom is -0.477 e. The second-order valence-electron chi connectivity index (χ2n) is 6.24. The fourth-order valence-electron chi connectivity index (χ4n) is 3.17. The summed E-state index contributed by atoms with van der Waals surface area (Å²) >= 11 is 6.03. The van der Waals surface area contributed by atoms with Gasteiger partial charge in [-0.15, -0.1) is 0 Å². The predicted molar refractivity (Wildman–Crippen MR) is 103 cm³/mol. The van der Waals surface area contributed by atoms with Gasteiger partial charge in [0.25, 0.3) is 11.5 Å². The molecule has 2 aromatic carbocycles. The Morgan fingerprint density at radius 3 is 3.00 bits per heavy atom. The number of ether oxygens (including phenoxy) is 1. The molecule has 1 atom stereocenters. The van der Waals surface area contributed by atoms with Crippen LogP contribution in [0, 0.1) is 0 Å². The molecule has 1 aliphatic heterocycles. The van der Waals surface area contributed by atoms with Gasteiger partial charge >= 0.3 is 0 Å². The van der Waals surface area contributed by atoms with E-state index in [0.717, 1.165) is 5.69 Å². The molecule has 1 amide bonds. The largest absolute Gasteiger partial charge is 0.477 e. The zero-order valence-corrected chi connectivity index (χ0v) is 15.3. The topological polar surface area (TPSA) is 87.3 Å². The number of anilines is 1. The molecule has 27 heavy (non-hydrogen) atoms. The standard InChI is InChI=1S/C19H17ClN4O3/c1-21-19(26)16-9-24(14-4-2-3-5-15(14)27-16)10-17-22-13-8-11(20)6-7-12(13)18(25)23-17/h2-8,16H,9-10H2,1H3,(H,21,26)(H,22,23,25)/t16-/m0/s1. The summed E-state index contributed by atoms with van der Waals surface area (Å²) in [4.78, 5) is 33.8. The van der Waals surface area contributed by atoms with Gasteiger partial charge in [0.2, 0.25) is 0 Å². The highest BCUT2D eigenvalue weighted by Crippen LogP contribution is 2.33. The molecule has 7 nitrogen and oxygen atoms in total. The maximum absolute atomic E-state index is 12.4. The minimum absolute atomic E-state index is 0.207. The van der Waals surface area contributed by atoms with E-state index < -0.39 is 6.10 Å². The quantitative estimate of drug-likeness (QED) is 0.722. The zero-order valence-electron chi connectivity index (χ0n) is 14.5. The number of nitrogens with one attached hydrogen (secondary N) is 2. The summed E-state index contributed by atoms with van der Waals surface area (Å²) in [5.74, 6) is 0.895. The highest BCUT2D eigenvalue weighted by molar-refractivity contribution is 6.31. The molecule has 0 saturated heterocycles. The molecule has 0 unspecified atom stereocenters. The summed E-state index contributed by atoms with van der Waals surface area (Å²) in [5.41, 5.74) is 1.15. The molecule has 0 bridgehead atoms. The van der Waals surface area contributed by atoms with Gasteiger partial charge in [-0.3, -0.25) is 9.59 Å². The number of carbonyl (C=O) groups is 1. The van der Waals surface area contributed by atoms with Gasteiger partial charge in [0.1, 0.15) is 11.6 Å². The number of benzene rings is 2. The van der Waals surface area contributed by atoms with Crippen molar-refractivity contribution in [3.05, 3.63) is 63.7 Å². The van der Waals surface area contributed by atoms with Crippen molar-refractivity contribution in [3.63, 3.8) is 0 Å². The number of amides is 1. The van der Waals surface area contributed by atoms with Crippen LogP contribution in [0.15, 0.2) is 47.3 Å². The average molecular weight is 385 g/mol. The van der Waals surface area contributed by atoms with E-state index in [1.165, 1.54) is 0 Å². The summed E-state index contributed by atoms with van der Waals surface area (Å²) in [6.45, 7) is 0.666. The van der Waals surface area contributed by atoms with Gasteiger partial charge in [-0.1, -0.05) is 23.7 Å². The van der Waals surface area contributed by atoms with E-state index in [1.807, 2.05) is 29.2 Å². The number of hydrogen-bond donors (Lipinski definition) is 2. The van der Waals surface area contributed by atoms with E-state index in [-0.39, 0.29) is 11.5 Å². The van der Waals surface area contributed by atoms with Crippen molar-refractivity contribution in [1.82, 2.24) is 15.3 Å². The number of aromatic nitrogens is 2. The van der Waals surface area contributed by atoms with E-state index in [0.29, 0.717) is 40.6 Å². The van der Waals surface area contributed by atoms with Crippen molar-refractivity contribution in [2.75, 3.05) is 18.5 Å². The van der Waals surface area contributed by atoms with Crippen LogP contribution in [0.5, 0.6) is 5.75 Å². The number of rotatable bonds is 3. The average Bonchev–Trinajstić information content (AvgIpc) is 2.67. The van der Waals surface area contributed by atoms with Crippen molar-refractivity contribution in [2.45, 2.75) is 12.6 Å². The van der Waals surface area contributed by atoms with Crippen molar-refractivity contribution in [3.8, 4) is 5.75 Å². The molecule has 1 aliphatic rings. The molecular formula is C19H17ClN4O3. The van der Waals surface area contributed by atoms with Crippen LogP contribution in [0.2, 0.25) is 5.02 Å². The number of para-hydroxylation sites is 2. The van der Waals surface area contributed by atoms with Gasteiger partial charge < -0.3 is 19.9 Å². The van der Waals surface area contributed by atoms with E-state index in [1.54, 1.807) is 25.2 Å². The number of likely N-dealkylation sites (N-methyl/N-ethyl adjacent to an activating group) is 1. The third-order valence-corrected chi connectivity index (χ3v) is 4.69. The Balaban J connectivity index is 1.71. The smallest absolute Gasteiger partial charge is 0.262 e. The lowest BCUT2D eigenvalue weighted by Gasteiger charge is -2.35. The molecule has 0 spiro atoms. The monoisotopic (exact) mass is 384 g/mol. The molecule has 8 heteroatoms. The first-order chi connectivity index (χ1) is 13.0. The van der Waals surface area contributed by atoms with Gasteiger partial charge in [-0.2, -0.15) is 0 Å². The van der Waals surface area contributed by atoms with E-state index >= 15 is 0 Å². The van der Waals surface area contributed by atoms with Crippen molar-refractivity contribution in [1.29, 1.82) is 0 Å². The van der Waals surface area contributed by atoms with E-state index in [4.69, 9.17) is 16.3 Å². The second kappa shape index (κ2) is 6.92. The Bertz CT molecular complexity index is 1080. The van der Waals surface area contributed by atoms with Gasteiger partial charge in [0.05, 0.1) is 29.7 Å². The fraction of sp³-hybridized carbons (Fsp3) is 0.211. The lowest BCUT2D eigenvalue weighted by molar-refractivity contribution is -0.127. The van der Waals surface area contributed by atoms with Crippen LogP contribution in [0.4, 0.5) is 5.69 Å². The third kappa shape index (κ3) is 3.33. The number of aromatic amines is 1. The fourth-order valence-corrected chi connectivity index (χ4v) is 3.34. The predicted octanol–water partition coefficient (Wildman–Crippen LogP) is 2.09. The summed E-state index contributed by atoms with van der Waals surface area (Å²) in [5, 5.41) is 3.61. The van der Waals surface area contributed by atoms with Crippen LogP contribution in [-0.2, 0) is 11.3 Å². The summed E-state index contributed by atoms with van der Waals surface area (Å²) in [6.07, 6.45) is -0.647. The number of hydrogen-bond acceptors (Lipinski definition) is 5. The lowest BCUT2D eigenvalue weighted by Crippen LogP contribution is -2.48. The Kier molecular flexibility index (Phi) is 4.45. The molecule has 3 aromatic rings. The molecule has 2 heterocycles. The Morgan fingerprint density at radius 2 is 2.19 bits per heavy atom. The first kappa shape index (κ1) is 17.4. The van der Waals surface area contributed by atoms with E-state index in [2.05, 4.69) is 15.3 Å². The first-order valence-electron chi connectivity index (χ1n) is 8.46. The minimum atomic E-state index is -0.647.